The van der Waals surface area contributed by atoms with Crippen molar-refractivity contribution in [2.45, 2.75) is 26.3 Å². The zero-order valence-corrected chi connectivity index (χ0v) is 9.92. The largest absolute Gasteiger partial charge is 0.315 e. The number of nitrogens with one attached hydrogen (secondary N) is 1. The van der Waals surface area contributed by atoms with Gasteiger partial charge in [-0.3, -0.25) is 4.90 Å². The number of hydrogen-bond acceptors (Lipinski definition) is 3. The maximum atomic E-state index is 3.43. The molecule has 0 spiro atoms. The summed E-state index contributed by atoms with van der Waals surface area (Å²) >= 11 is 0. The SMILES string of the molecule is CC.CN1CCN(C2CCNC2)CC1. The Morgan fingerprint density at radius 1 is 1.07 bits per heavy atom. The molecule has 2 heterocycles. The summed E-state index contributed by atoms with van der Waals surface area (Å²) in [7, 11) is 2.21. The van der Waals surface area contributed by atoms with Gasteiger partial charge in [0.1, 0.15) is 0 Å². The van der Waals surface area contributed by atoms with Crippen molar-refractivity contribution in [1.82, 2.24) is 15.1 Å². The van der Waals surface area contributed by atoms with Gasteiger partial charge in [-0.05, 0) is 20.0 Å². The van der Waals surface area contributed by atoms with Gasteiger partial charge in [0.15, 0.2) is 0 Å². The Hall–Kier alpha value is -0.120. The Morgan fingerprint density at radius 2 is 1.71 bits per heavy atom. The van der Waals surface area contributed by atoms with E-state index in [4.69, 9.17) is 0 Å². The second-order valence-electron chi connectivity index (χ2n) is 3.99. The highest BCUT2D eigenvalue weighted by atomic mass is 15.3. The Labute approximate surface area is 88.5 Å². The fourth-order valence-corrected chi connectivity index (χ4v) is 2.14. The fraction of sp³-hybridized carbons (Fsp3) is 1.00. The molecule has 0 saturated carbocycles. The molecule has 2 saturated heterocycles. The smallest absolute Gasteiger partial charge is 0.0233 e. The van der Waals surface area contributed by atoms with Crippen LogP contribution in [0.1, 0.15) is 20.3 Å². The third kappa shape index (κ3) is 3.23. The van der Waals surface area contributed by atoms with Gasteiger partial charge in [0.05, 0.1) is 0 Å². The van der Waals surface area contributed by atoms with Crippen molar-refractivity contribution in [1.29, 1.82) is 0 Å². The average Bonchev–Trinajstić information content (AvgIpc) is 2.75. The maximum Gasteiger partial charge on any atom is 0.0233 e. The second-order valence-corrected chi connectivity index (χ2v) is 3.99. The van der Waals surface area contributed by atoms with Crippen molar-refractivity contribution in [2.24, 2.45) is 0 Å². The van der Waals surface area contributed by atoms with Crippen LogP contribution in [0.5, 0.6) is 0 Å². The molecule has 14 heavy (non-hydrogen) atoms. The van der Waals surface area contributed by atoms with Crippen molar-refractivity contribution >= 4 is 0 Å². The Bertz CT molecular complexity index is 135. The van der Waals surface area contributed by atoms with Crippen LogP contribution in [0, 0.1) is 0 Å². The van der Waals surface area contributed by atoms with Crippen LogP contribution >= 0.6 is 0 Å². The number of likely N-dealkylation sites (N-methyl/N-ethyl adjacent to an activating group) is 1. The van der Waals surface area contributed by atoms with Gasteiger partial charge in [-0.2, -0.15) is 0 Å². The second kappa shape index (κ2) is 6.38. The fourth-order valence-electron chi connectivity index (χ4n) is 2.14. The quantitative estimate of drug-likeness (QED) is 0.668. The maximum absolute atomic E-state index is 3.43. The highest BCUT2D eigenvalue weighted by molar-refractivity contribution is 4.83. The first kappa shape index (κ1) is 12.0. The molecule has 0 amide bonds. The Kier molecular flexibility index (Phi) is 5.45. The normalized spacial score (nSPS) is 29.8. The number of piperazine rings is 1. The Balaban J connectivity index is 0.000000461. The van der Waals surface area contributed by atoms with E-state index in [0.717, 1.165) is 6.04 Å². The van der Waals surface area contributed by atoms with Gasteiger partial charge in [0.2, 0.25) is 0 Å². The molecular weight excluding hydrogens is 174 g/mol. The lowest BCUT2D eigenvalue weighted by Gasteiger charge is -2.36. The molecule has 2 rings (SSSR count). The van der Waals surface area contributed by atoms with Gasteiger partial charge >= 0.3 is 0 Å². The lowest BCUT2D eigenvalue weighted by molar-refractivity contribution is 0.119. The summed E-state index contributed by atoms with van der Waals surface area (Å²) in [6, 6.07) is 0.832. The minimum Gasteiger partial charge on any atom is -0.315 e. The summed E-state index contributed by atoms with van der Waals surface area (Å²) < 4.78 is 0. The van der Waals surface area contributed by atoms with Crippen molar-refractivity contribution < 1.29 is 0 Å². The van der Waals surface area contributed by atoms with E-state index >= 15 is 0 Å². The predicted molar refractivity (Wildman–Crippen MR) is 61.7 cm³/mol. The summed E-state index contributed by atoms with van der Waals surface area (Å²) in [4.78, 5) is 5.05. The molecule has 2 aliphatic rings. The first-order chi connectivity index (χ1) is 6.86. The van der Waals surface area contributed by atoms with Crippen molar-refractivity contribution in [3.8, 4) is 0 Å². The van der Waals surface area contributed by atoms with Crippen molar-refractivity contribution in [3.63, 3.8) is 0 Å². The molecule has 1 unspecified atom stereocenters. The van der Waals surface area contributed by atoms with E-state index in [2.05, 4.69) is 22.2 Å². The molecule has 2 fully saturated rings. The summed E-state index contributed by atoms with van der Waals surface area (Å²) in [6.45, 7) is 11.5. The third-order valence-electron chi connectivity index (χ3n) is 3.09. The van der Waals surface area contributed by atoms with Crippen LogP contribution in [0.25, 0.3) is 0 Å². The van der Waals surface area contributed by atoms with Gasteiger partial charge in [-0.25, -0.2) is 0 Å². The molecule has 0 aromatic rings. The third-order valence-corrected chi connectivity index (χ3v) is 3.09. The van der Waals surface area contributed by atoms with Crippen LogP contribution in [0.4, 0.5) is 0 Å². The summed E-state index contributed by atoms with van der Waals surface area (Å²) in [5.41, 5.74) is 0. The van der Waals surface area contributed by atoms with Crippen molar-refractivity contribution in [3.05, 3.63) is 0 Å². The lowest BCUT2D eigenvalue weighted by Crippen LogP contribution is -2.49. The molecule has 3 nitrogen and oxygen atoms in total. The molecule has 0 aromatic heterocycles. The molecule has 0 radical (unpaired) electrons. The molecule has 84 valence electrons. The van der Waals surface area contributed by atoms with Gasteiger partial charge in [-0.1, -0.05) is 13.8 Å². The molecule has 1 atom stereocenters. The van der Waals surface area contributed by atoms with Crippen molar-refractivity contribution in [2.75, 3.05) is 46.3 Å². The van der Waals surface area contributed by atoms with Gasteiger partial charge in [-0.15, -0.1) is 0 Å². The van der Waals surface area contributed by atoms with E-state index < -0.39 is 0 Å². The van der Waals surface area contributed by atoms with E-state index in [9.17, 15) is 0 Å². The first-order valence-electron chi connectivity index (χ1n) is 5.99. The van der Waals surface area contributed by atoms with Gasteiger partial charge in [0.25, 0.3) is 0 Å². The van der Waals surface area contributed by atoms with Gasteiger partial charge in [0, 0.05) is 38.8 Å². The minimum atomic E-state index is 0.832. The lowest BCUT2D eigenvalue weighted by atomic mass is 10.2. The topological polar surface area (TPSA) is 18.5 Å². The Morgan fingerprint density at radius 3 is 2.21 bits per heavy atom. The first-order valence-corrected chi connectivity index (χ1v) is 5.99. The number of nitrogens with zero attached hydrogens (tertiary/aromatic N) is 2. The van der Waals surface area contributed by atoms with Gasteiger partial charge < -0.3 is 10.2 Å². The van der Waals surface area contributed by atoms with Crippen LogP contribution in [0.15, 0.2) is 0 Å². The van der Waals surface area contributed by atoms with Crippen LogP contribution in [0.3, 0.4) is 0 Å². The standard InChI is InChI=1S/C9H19N3.C2H6/c1-11-4-6-12(7-5-11)9-2-3-10-8-9;1-2/h9-10H,2-8H2,1H3;1-2H3. The van der Waals surface area contributed by atoms with Crippen LogP contribution in [-0.2, 0) is 0 Å². The minimum absolute atomic E-state index is 0.832. The molecule has 0 bridgehead atoms. The molecule has 0 aliphatic carbocycles. The van der Waals surface area contributed by atoms with E-state index in [0.29, 0.717) is 0 Å². The zero-order chi connectivity index (χ0) is 10.4. The van der Waals surface area contributed by atoms with Crippen LogP contribution in [-0.4, -0.2) is 62.2 Å². The molecule has 2 aliphatic heterocycles. The van der Waals surface area contributed by atoms with E-state index in [-0.39, 0.29) is 0 Å². The molecular formula is C11H25N3. The summed E-state index contributed by atoms with van der Waals surface area (Å²) in [5, 5.41) is 3.43. The van der Waals surface area contributed by atoms with Crippen LogP contribution in [0.2, 0.25) is 0 Å². The zero-order valence-electron chi connectivity index (χ0n) is 9.92. The highest BCUT2D eigenvalue weighted by Crippen LogP contribution is 2.10. The summed E-state index contributed by atoms with van der Waals surface area (Å²) in [5.74, 6) is 0. The number of rotatable bonds is 1. The highest BCUT2D eigenvalue weighted by Gasteiger charge is 2.24. The predicted octanol–water partition coefficient (Wildman–Crippen LogP) is 0.622. The number of hydrogen-bond donors (Lipinski definition) is 1. The average molecular weight is 199 g/mol. The van der Waals surface area contributed by atoms with E-state index in [1.54, 1.807) is 0 Å². The van der Waals surface area contributed by atoms with Crippen LogP contribution < -0.4 is 5.32 Å². The molecule has 1 N–H and O–H groups in total. The van der Waals surface area contributed by atoms with E-state index in [1.165, 1.54) is 45.7 Å². The molecule has 0 aromatic carbocycles. The molecule has 3 heteroatoms. The van der Waals surface area contributed by atoms with E-state index in [1.807, 2.05) is 13.8 Å². The monoisotopic (exact) mass is 199 g/mol. The summed E-state index contributed by atoms with van der Waals surface area (Å²) in [6.07, 6.45) is 1.35.